The van der Waals surface area contributed by atoms with Gasteiger partial charge in [-0.2, -0.15) is 0 Å². The average Bonchev–Trinajstić information content (AvgIpc) is 3.02. The highest BCUT2D eigenvalue weighted by atomic mass is 35.5. The van der Waals surface area contributed by atoms with Crippen LogP contribution in [0.15, 0.2) is 42.7 Å². The highest BCUT2D eigenvalue weighted by Crippen LogP contribution is 2.14. The first-order valence-electron chi connectivity index (χ1n) is 8.31. The molecule has 3 aromatic rings. The van der Waals surface area contributed by atoms with Crippen molar-refractivity contribution in [3.05, 3.63) is 70.1 Å². The van der Waals surface area contributed by atoms with E-state index in [1.54, 1.807) is 35.0 Å². The summed E-state index contributed by atoms with van der Waals surface area (Å²) in [4.78, 5) is 28.5. The van der Waals surface area contributed by atoms with Crippen molar-refractivity contribution in [1.29, 1.82) is 0 Å². The minimum absolute atomic E-state index is 0.0466. The molecule has 0 atom stereocenters. The number of benzene rings is 1. The van der Waals surface area contributed by atoms with Crippen molar-refractivity contribution < 1.29 is 14.3 Å². The van der Waals surface area contributed by atoms with Crippen LogP contribution in [0.1, 0.15) is 40.0 Å². The van der Waals surface area contributed by atoms with Gasteiger partial charge in [0.15, 0.2) is 5.78 Å². The Morgan fingerprint density at radius 3 is 2.65 bits per heavy atom. The quantitative estimate of drug-likeness (QED) is 0.479. The van der Waals surface area contributed by atoms with Gasteiger partial charge in [0, 0.05) is 24.4 Å². The third-order valence-electron chi connectivity index (χ3n) is 4.23. The number of rotatable bonds is 6. The van der Waals surface area contributed by atoms with Gasteiger partial charge in [0.05, 0.1) is 17.1 Å². The van der Waals surface area contributed by atoms with Gasteiger partial charge in [0.2, 0.25) is 0 Å². The van der Waals surface area contributed by atoms with E-state index in [4.69, 9.17) is 16.3 Å². The Kier molecular flexibility index (Phi) is 5.38. The van der Waals surface area contributed by atoms with Crippen LogP contribution in [0.2, 0.25) is 5.02 Å². The lowest BCUT2D eigenvalue weighted by Gasteiger charge is -2.05. The normalized spacial score (nSPS) is 10.9. The molecule has 0 bridgehead atoms. The highest BCUT2D eigenvalue weighted by molar-refractivity contribution is 6.30. The number of hydrogen-bond acceptors (Lipinski definition) is 4. The third kappa shape index (κ3) is 4.29. The fourth-order valence-electron chi connectivity index (χ4n) is 2.59. The van der Waals surface area contributed by atoms with Crippen molar-refractivity contribution in [2.45, 2.75) is 33.3 Å². The molecule has 0 fully saturated rings. The molecule has 5 nitrogen and oxygen atoms in total. The minimum atomic E-state index is -0.419. The summed E-state index contributed by atoms with van der Waals surface area (Å²) in [5.74, 6) is -0.482. The number of aryl methyl sites for hydroxylation is 2. The first kappa shape index (κ1) is 18.1. The zero-order valence-electron chi connectivity index (χ0n) is 14.7. The van der Waals surface area contributed by atoms with E-state index in [0.717, 1.165) is 16.8 Å². The predicted molar refractivity (Wildman–Crippen MR) is 99.5 cm³/mol. The van der Waals surface area contributed by atoms with Gasteiger partial charge in [-0.25, -0.2) is 4.98 Å². The van der Waals surface area contributed by atoms with E-state index in [2.05, 4.69) is 4.98 Å². The summed E-state index contributed by atoms with van der Waals surface area (Å²) < 4.78 is 6.99. The Morgan fingerprint density at radius 1 is 1.08 bits per heavy atom. The maximum Gasteiger partial charge on any atom is 0.306 e. The Hall–Kier alpha value is -2.66. The van der Waals surface area contributed by atoms with E-state index >= 15 is 0 Å². The van der Waals surface area contributed by atoms with Crippen molar-refractivity contribution in [3.8, 4) is 0 Å². The fourth-order valence-corrected chi connectivity index (χ4v) is 2.76. The summed E-state index contributed by atoms with van der Waals surface area (Å²) in [5.41, 5.74) is 4.17. The summed E-state index contributed by atoms with van der Waals surface area (Å²) in [6, 6.07) is 9.09. The molecule has 3 rings (SSSR count). The van der Waals surface area contributed by atoms with Crippen molar-refractivity contribution in [1.82, 2.24) is 9.38 Å². The van der Waals surface area contributed by atoms with Gasteiger partial charge in [-0.1, -0.05) is 23.7 Å². The van der Waals surface area contributed by atoms with Crippen LogP contribution in [0.5, 0.6) is 0 Å². The number of aromatic nitrogens is 2. The van der Waals surface area contributed by atoms with Crippen molar-refractivity contribution in [2.24, 2.45) is 0 Å². The molecule has 0 radical (unpaired) electrons. The van der Waals surface area contributed by atoms with E-state index in [1.165, 1.54) is 0 Å². The van der Waals surface area contributed by atoms with E-state index in [9.17, 15) is 9.59 Å². The molecular weight excluding hydrogens is 352 g/mol. The molecule has 6 heteroatoms. The van der Waals surface area contributed by atoms with E-state index in [0.29, 0.717) is 16.3 Å². The molecule has 0 saturated heterocycles. The van der Waals surface area contributed by atoms with Crippen LogP contribution in [0.25, 0.3) is 5.65 Å². The van der Waals surface area contributed by atoms with Crippen molar-refractivity contribution >= 4 is 29.0 Å². The number of Topliss-reactive ketones (excluding diaryl/α,β-unsaturated/α-hetero) is 1. The van der Waals surface area contributed by atoms with E-state index in [-0.39, 0.29) is 25.2 Å². The number of ketones is 1. The number of carbonyl (C=O) groups is 2. The summed E-state index contributed by atoms with van der Waals surface area (Å²) in [6.07, 6.45) is 3.67. The SMILES string of the molecule is Cc1ccc(C(=O)CCC(=O)OCc2cn3cc(Cl)ccc3n2)cc1C. The number of imidazole rings is 1. The number of halogens is 1. The highest BCUT2D eigenvalue weighted by Gasteiger charge is 2.12. The second-order valence-corrected chi connectivity index (χ2v) is 6.66. The lowest BCUT2D eigenvalue weighted by molar-refractivity contribution is -0.145. The smallest absolute Gasteiger partial charge is 0.306 e. The van der Waals surface area contributed by atoms with Crippen LogP contribution in [-0.4, -0.2) is 21.1 Å². The average molecular weight is 371 g/mol. The molecule has 0 saturated carbocycles. The van der Waals surface area contributed by atoms with Crippen molar-refractivity contribution in [3.63, 3.8) is 0 Å². The molecule has 0 aliphatic carbocycles. The van der Waals surface area contributed by atoms with E-state index < -0.39 is 5.97 Å². The van der Waals surface area contributed by atoms with Crippen LogP contribution in [0.4, 0.5) is 0 Å². The van der Waals surface area contributed by atoms with Gasteiger partial charge < -0.3 is 9.14 Å². The summed E-state index contributed by atoms with van der Waals surface area (Å²) in [6.45, 7) is 4.02. The first-order valence-corrected chi connectivity index (χ1v) is 8.69. The first-order chi connectivity index (χ1) is 12.4. The molecule has 0 aliphatic heterocycles. The van der Waals surface area contributed by atoms with Crippen LogP contribution >= 0.6 is 11.6 Å². The predicted octanol–water partition coefficient (Wildman–Crippen LogP) is 4.31. The fraction of sp³-hybridized carbons (Fsp3) is 0.250. The third-order valence-corrected chi connectivity index (χ3v) is 4.45. The van der Waals surface area contributed by atoms with Gasteiger partial charge in [-0.05, 0) is 43.2 Å². The number of pyridine rings is 1. The Bertz CT molecular complexity index is 978. The number of nitrogens with zero attached hydrogens (tertiary/aromatic N) is 2. The zero-order valence-corrected chi connectivity index (χ0v) is 15.4. The number of carbonyl (C=O) groups excluding carboxylic acids is 2. The van der Waals surface area contributed by atoms with Gasteiger partial charge >= 0.3 is 5.97 Å². The van der Waals surface area contributed by atoms with Crippen LogP contribution in [0, 0.1) is 13.8 Å². The van der Waals surface area contributed by atoms with Gasteiger partial charge in [0.1, 0.15) is 12.3 Å². The topological polar surface area (TPSA) is 60.7 Å². The molecule has 0 unspecified atom stereocenters. The van der Waals surface area contributed by atoms with E-state index in [1.807, 2.05) is 26.0 Å². The molecule has 1 aromatic carbocycles. The van der Waals surface area contributed by atoms with Gasteiger partial charge in [-0.3, -0.25) is 9.59 Å². The summed E-state index contributed by atoms with van der Waals surface area (Å²) in [5, 5.41) is 0.600. The molecule has 134 valence electrons. The standard InChI is InChI=1S/C20H19ClN2O3/c1-13-3-4-15(9-14(13)2)18(24)6-8-20(25)26-12-17-11-23-10-16(21)5-7-19(23)22-17/h3-5,7,9-11H,6,8,12H2,1-2H3. The number of hydrogen-bond donors (Lipinski definition) is 0. The molecular formula is C20H19ClN2O3. The Balaban J connectivity index is 1.51. The molecule has 0 amide bonds. The lowest BCUT2D eigenvalue weighted by atomic mass is 10.0. The van der Waals surface area contributed by atoms with Gasteiger partial charge in [0.25, 0.3) is 0 Å². The van der Waals surface area contributed by atoms with Crippen LogP contribution < -0.4 is 0 Å². The molecule has 2 aromatic heterocycles. The molecule has 26 heavy (non-hydrogen) atoms. The molecule has 0 aliphatic rings. The largest absolute Gasteiger partial charge is 0.459 e. The molecule has 0 N–H and O–H groups in total. The summed E-state index contributed by atoms with van der Waals surface area (Å²) in [7, 11) is 0. The molecule has 0 spiro atoms. The molecule has 2 heterocycles. The zero-order chi connectivity index (χ0) is 18.7. The maximum atomic E-state index is 12.2. The minimum Gasteiger partial charge on any atom is -0.459 e. The lowest BCUT2D eigenvalue weighted by Crippen LogP contribution is -2.08. The van der Waals surface area contributed by atoms with Gasteiger partial charge in [-0.15, -0.1) is 0 Å². The monoisotopic (exact) mass is 370 g/mol. The second-order valence-electron chi connectivity index (χ2n) is 6.23. The number of esters is 1. The van der Waals surface area contributed by atoms with Crippen LogP contribution in [0.3, 0.4) is 0 Å². The maximum absolute atomic E-state index is 12.2. The summed E-state index contributed by atoms with van der Waals surface area (Å²) >= 11 is 5.93. The number of ether oxygens (including phenoxy) is 1. The Morgan fingerprint density at radius 2 is 1.88 bits per heavy atom. The Labute approximate surface area is 156 Å². The number of fused-ring (bicyclic) bond motifs is 1. The second kappa shape index (κ2) is 7.70. The van der Waals surface area contributed by atoms with Crippen molar-refractivity contribution in [2.75, 3.05) is 0 Å². The van der Waals surface area contributed by atoms with Crippen LogP contribution in [-0.2, 0) is 16.1 Å².